The number of nitrogens with zero attached hydrogens (tertiary/aromatic N) is 2. The summed E-state index contributed by atoms with van der Waals surface area (Å²) in [6, 6.07) is 7.00. The highest BCUT2D eigenvalue weighted by Gasteiger charge is 1.98. The van der Waals surface area contributed by atoms with Crippen LogP contribution in [-0.2, 0) is 11.8 Å². The third-order valence-corrected chi connectivity index (χ3v) is 2.48. The van der Waals surface area contributed by atoms with Crippen molar-refractivity contribution in [2.75, 3.05) is 5.32 Å². The highest BCUT2D eigenvalue weighted by atomic mass is 35.5. The second kappa shape index (κ2) is 5.51. The number of hydrogen-bond donors (Lipinski definition) is 1. The van der Waals surface area contributed by atoms with Crippen molar-refractivity contribution in [2.24, 2.45) is 7.05 Å². The minimum Gasteiger partial charge on any atom is -0.322 e. The van der Waals surface area contributed by atoms with E-state index in [9.17, 15) is 4.79 Å². The number of carbonyl (C=O) groups is 1. The van der Waals surface area contributed by atoms with Crippen LogP contribution < -0.4 is 5.32 Å². The molecule has 0 spiro atoms. The molecular formula is C13H12ClN3O. The van der Waals surface area contributed by atoms with Crippen LogP contribution in [0.3, 0.4) is 0 Å². The number of halogens is 1. The maximum absolute atomic E-state index is 11.6. The molecule has 1 amide bonds. The summed E-state index contributed by atoms with van der Waals surface area (Å²) in [6.07, 6.45) is 6.66. The average molecular weight is 262 g/mol. The van der Waals surface area contributed by atoms with E-state index >= 15 is 0 Å². The molecule has 0 saturated heterocycles. The highest BCUT2D eigenvalue weighted by Crippen LogP contribution is 2.14. The first-order valence-corrected chi connectivity index (χ1v) is 5.74. The van der Waals surface area contributed by atoms with Crippen LogP contribution >= 0.6 is 11.6 Å². The van der Waals surface area contributed by atoms with Crippen LogP contribution in [-0.4, -0.2) is 15.7 Å². The summed E-state index contributed by atoms with van der Waals surface area (Å²) in [5, 5.41) is 7.32. The van der Waals surface area contributed by atoms with Gasteiger partial charge in [-0.15, -0.1) is 0 Å². The molecule has 0 aliphatic heterocycles. The van der Waals surface area contributed by atoms with Gasteiger partial charge >= 0.3 is 0 Å². The lowest BCUT2D eigenvalue weighted by Crippen LogP contribution is -2.07. The zero-order valence-electron chi connectivity index (χ0n) is 9.80. The second-order valence-corrected chi connectivity index (χ2v) is 4.22. The third-order valence-electron chi connectivity index (χ3n) is 2.24. The fourth-order valence-corrected chi connectivity index (χ4v) is 1.64. The number of hydrogen-bond acceptors (Lipinski definition) is 2. The van der Waals surface area contributed by atoms with Crippen molar-refractivity contribution in [1.29, 1.82) is 0 Å². The van der Waals surface area contributed by atoms with Gasteiger partial charge in [-0.25, -0.2) is 0 Å². The van der Waals surface area contributed by atoms with Crippen molar-refractivity contribution in [3.63, 3.8) is 0 Å². The predicted molar refractivity (Wildman–Crippen MR) is 72.3 cm³/mol. The SMILES string of the molecule is Cn1cc(/C=C/C(=O)Nc2cccc(Cl)c2)cn1. The van der Waals surface area contributed by atoms with Crippen molar-refractivity contribution in [3.05, 3.63) is 53.3 Å². The van der Waals surface area contributed by atoms with Crippen LogP contribution in [0.2, 0.25) is 5.02 Å². The van der Waals surface area contributed by atoms with Gasteiger partial charge in [0.25, 0.3) is 0 Å². The van der Waals surface area contributed by atoms with Crippen LogP contribution in [0.4, 0.5) is 5.69 Å². The molecule has 5 heteroatoms. The fourth-order valence-electron chi connectivity index (χ4n) is 1.45. The molecule has 1 aromatic heterocycles. The smallest absolute Gasteiger partial charge is 0.248 e. The lowest BCUT2D eigenvalue weighted by atomic mass is 10.3. The minimum absolute atomic E-state index is 0.207. The lowest BCUT2D eigenvalue weighted by molar-refractivity contribution is -0.111. The average Bonchev–Trinajstić information content (AvgIpc) is 2.73. The zero-order valence-corrected chi connectivity index (χ0v) is 10.6. The van der Waals surface area contributed by atoms with E-state index in [-0.39, 0.29) is 5.91 Å². The number of amides is 1. The van der Waals surface area contributed by atoms with Gasteiger partial charge in [0.1, 0.15) is 0 Å². The Kier molecular flexibility index (Phi) is 3.79. The van der Waals surface area contributed by atoms with Crippen LogP contribution in [0, 0.1) is 0 Å². The van der Waals surface area contributed by atoms with E-state index in [0.29, 0.717) is 10.7 Å². The summed E-state index contributed by atoms with van der Waals surface area (Å²) < 4.78 is 1.68. The summed E-state index contributed by atoms with van der Waals surface area (Å²) in [6.45, 7) is 0. The minimum atomic E-state index is -0.207. The lowest BCUT2D eigenvalue weighted by Gasteiger charge is -2.01. The molecule has 0 fully saturated rings. The van der Waals surface area contributed by atoms with E-state index in [1.807, 2.05) is 13.2 Å². The molecule has 92 valence electrons. The van der Waals surface area contributed by atoms with Crippen LogP contribution in [0.25, 0.3) is 6.08 Å². The molecule has 18 heavy (non-hydrogen) atoms. The molecule has 0 bridgehead atoms. The van der Waals surface area contributed by atoms with Gasteiger partial charge in [0.05, 0.1) is 6.20 Å². The number of rotatable bonds is 3. The monoisotopic (exact) mass is 261 g/mol. The second-order valence-electron chi connectivity index (χ2n) is 3.78. The van der Waals surface area contributed by atoms with E-state index in [4.69, 9.17) is 11.6 Å². The Morgan fingerprint density at radius 1 is 1.50 bits per heavy atom. The van der Waals surface area contributed by atoms with E-state index in [0.717, 1.165) is 5.56 Å². The third kappa shape index (κ3) is 3.46. The van der Waals surface area contributed by atoms with Crippen molar-refractivity contribution in [3.8, 4) is 0 Å². The molecular weight excluding hydrogens is 250 g/mol. The zero-order chi connectivity index (χ0) is 13.0. The van der Waals surface area contributed by atoms with Gasteiger partial charge in [0.15, 0.2) is 0 Å². The number of aryl methyl sites for hydroxylation is 1. The number of carbonyl (C=O) groups excluding carboxylic acids is 1. The van der Waals surface area contributed by atoms with E-state index < -0.39 is 0 Å². The molecule has 2 rings (SSSR count). The Morgan fingerprint density at radius 3 is 3.00 bits per heavy atom. The Balaban J connectivity index is 1.98. The molecule has 1 aromatic carbocycles. The molecule has 1 heterocycles. The summed E-state index contributed by atoms with van der Waals surface area (Å²) in [7, 11) is 1.82. The van der Waals surface area contributed by atoms with Crippen LogP contribution in [0.1, 0.15) is 5.56 Å². The molecule has 0 unspecified atom stereocenters. The summed E-state index contributed by atoms with van der Waals surface area (Å²) >= 11 is 5.82. The van der Waals surface area contributed by atoms with Gasteiger partial charge in [0.2, 0.25) is 5.91 Å². The summed E-state index contributed by atoms with van der Waals surface area (Å²) in [5.41, 5.74) is 1.54. The summed E-state index contributed by atoms with van der Waals surface area (Å²) in [4.78, 5) is 11.6. The molecule has 2 aromatic rings. The maximum Gasteiger partial charge on any atom is 0.248 e. The van der Waals surface area contributed by atoms with Crippen molar-refractivity contribution < 1.29 is 4.79 Å². The van der Waals surface area contributed by atoms with Gasteiger partial charge in [-0.05, 0) is 24.3 Å². The predicted octanol–water partition coefficient (Wildman–Crippen LogP) is 2.73. The number of aromatic nitrogens is 2. The van der Waals surface area contributed by atoms with Crippen LogP contribution in [0.15, 0.2) is 42.7 Å². The maximum atomic E-state index is 11.6. The molecule has 4 nitrogen and oxygen atoms in total. The van der Waals surface area contributed by atoms with E-state index in [1.54, 1.807) is 41.2 Å². The molecule has 0 aliphatic rings. The van der Waals surface area contributed by atoms with Gasteiger partial charge < -0.3 is 5.32 Å². The normalized spacial score (nSPS) is 10.8. The molecule has 0 saturated carbocycles. The van der Waals surface area contributed by atoms with Crippen molar-refractivity contribution in [1.82, 2.24) is 9.78 Å². The van der Waals surface area contributed by atoms with E-state index in [2.05, 4.69) is 10.4 Å². The van der Waals surface area contributed by atoms with E-state index in [1.165, 1.54) is 6.08 Å². The molecule has 0 radical (unpaired) electrons. The Hall–Kier alpha value is -2.07. The Morgan fingerprint density at radius 2 is 2.33 bits per heavy atom. The molecule has 0 atom stereocenters. The highest BCUT2D eigenvalue weighted by molar-refractivity contribution is 6.30. The van der Waals surface area contributed by atoms with Gasteiger partial charge in [-0.1, -0.05) is 17.7 Å². The number of nitrogens with one attached hydrogen (secondary N) is 1. The Labute approximate surface area is 110 Å². The largest absolute Gasteiger partial charge is 0.322 e. The quantitative estimate of drug-likeness (QED) is 0.864. The standard InChI is InChI=1S/C13H12ClN3O/c1-17-9-10(8-15-17)5-6-13(18)16-12-4-2-3-11(14)7-12/h2-9H,1H3,(H,16,18)/b6-5+. The van der Waals surface area contributed by atoms with Gasteiger partial charge in [-0.3, -0.25) is 9.48 Å². The van der Waals surface area contributed by atoms with Crippen molar-refractivity contribution in [2.45, 2.75) is 0 Å². The molecule has 1 N–H and O–H groups in total. The van der Waals surface area contributed by atoms with Gasteiger partial charge in [0, 0.05) is 35.6 Å². The molecule has 0 aliphatic carbocycles. The van der Waals surface area contributed by atoms with Crippen LogP contribution in [0.5, 0.6) is 0 Å². The van der Waals surface area contributed by atoms with Gasteiger partial charge in [-0.2, -0.15) is 5.10 Å². The first-order valence-electron chi connectivity index (χ1n) is 5.37. The Bertz CT molecular complexity index is 589. The number of anilines is 1. The summed E-state index contributed by atoms with van der Waals surface area (Å²) in [5.74, 6) is -0.207. The first-order chi connectivity index (χ1) is 8.63. The first kappa shape index (κ1) is 12.4. The topological polar surface area (TPSA) is 46.9 Å². The number of benzene rings is 1. The fraction of sp³-hybridized carbons (Fsp3) is 0.0769. The van der Waals surface area contributed by atoms with Crippen molar-refractivity contribution >= 4 is 29.3 Å².